The third-order valence-electron chi connectivity index (χ3n) is 3.81. The van der Waals surface area contributed by atoms with Crippen LogP contribution in [-0.4, -0.2) is 63.1 Å². The van der Waals surface area contributed by atoms with E-state index in [-0.39, 0.29) is 13.1 Å². The first kappa shape index (κ1) is 19.6. The summed E-state index contributed by atoms with van der Waals surface area (Å²) in [7, 11) is 0. The van der Waals surface area contributed by atoms with Crippen molar-refractivity contribution >= 4 is 11.9 Å². The highest BCUT2D eigenvalue weighted by atomic mass is 16.4. The van der Waals surface area contributed by atoms with E-state index in [1.54, 1.807) is 22.1 Å². The van der Waals surface area contributed by atoms with E-state index < -0.39 is 11.9 Å². The Hall–Kier alpha value is -2.77. The number of carboxylic acid groups (broad SMARTS) is 2. The number of aromatic nitrogens is 1. The Balaban J connectivity index is 1.99. The van der Waals surface area contributed by atoms with E-state index in [1.807, 2.05) is 42.5 Å². The molecule has 0 atom stereocenters. The second-order valence-electron chi connectivity index (χ2n) is 6.02. The maximum atomic E-state index is 11.2. The van der Waals surface area contributed by atoms with E-state index in [0.717, 1.165) is 11.3 Å². The normalized spacial score (nSPS) is 11.0. The molecule has 1 heterocycles. The third kappa shape index (κ3) is 7.42. The van der Waals surface area contributed by atoms with E-state index in [0.29, 0.717) is 26.2 Å². The molecule has 0 fully saturated rings. The van der Waals surface area contributed by atoms with Crippen molar-refractivity contribution in [1.82, 2.24) is 14.8 Å². The van der Waals surface area contributed by atoms with Crippen molar-refractivity contribution in [3.63, 3.8) is 0 Å². The Bertz CT molecular complexity index is 633. The molecule has 0 spiro atoms. The van der Waals surface area contributed by atoms with Crippen molar-refractivity contribution in [3.8, 4) is 0 Å². The van der Waals surface area contributed by atoms with E-state index in [9.17, 15) is 9.59 Å². The van der Waals surface area contributed by atoms with Gasteiger partial charge >= 0.3 is 11.9 Å². The van der Waals surface area contributed by atoms with Crippen LogP contribution < -0.4 is 0 Å². The highest BCUT2D eigenvalue weighted by Crippen LogP contribution is 2.06. The van der Waals surface area contributed by atoms with Gasteiger partial charge in [0.2, 0.25) is 0 Å². The topological polar surface area (TPSA) is 94.0 Å². The molecule has 0 aliphatic heterocycles. The summed E-state index contributed by atoms with van der Waals surface area (Å²) >= 11 is 0. The summed E-state index contributed by atoms with van der Waals surface area (Å²) < 4.78 is 0. The Morgan fingerprint density at radius 2 is 1.38 bits per heavy atom. The molecule has 0 radical (unpaired) electrons. The number of aliphatic carboxylic acids is 2. The Morgan fingerprint density at radius 3 is 1.92 bits per heavy atom. The summed E-state index contributed by atoms with van der Waals surface area (Å²) in [6.45, 7) is 1.56. The summed E-state index contributed by atoms with van der Waals surface area (Å²) in [6.07, 6.45) is 1.67. The van der Waals surface area contributed by atoms with Crippen LogP contribution in [0.3, 0.4) is 0 Å². The van der Waals surface area contributed by atoms with E-state index in [4.69, 9.17) is 10.2 Å². The third-order valence-corrected chi connectivity index (χ3v) is 3.81. The molecule has 7 nitrogen and oxygen atoms in total. The molecule has 138 valence electrons. The number of pyridine rings is 1. The van der Waals surface area contributed by atoms with Gasteiger partial charge in [-0.1, -0.05) is 36.4 Å². The maximum Gasteiger partial charge on any atom is 0.317 e. The monoisotopic (exact) mass is 357 g/mol. The van der Waals surface area contributed by atoms with Gasteiger partial charge in [-0.15, -0.1) is 0 Å². The summed E-state index contributed by atoms with van der Waals surface area (Å²) in [5, 5.41) is 18.3. The summed E-state index contributed by atoms with van der Waals surface area (Å²) in [5.74, 6) is -1.83. The summed E-state index contributed by atoms with van der Waals surface area (Å²) in [6, 6.07) is 15.1. The molecule has 1 aromatic heterocycles. The van der Waals surface area contributed by atoms with Gasteiger partial charge in [0.05, 0.1) is 18.8 Å². The number of nitrogens with zero attached hydrogens (tertiary/aromatic N) is 3. The second-order valence-corrected chi connectivity index (χ2v) is 6.02. The minimum absolute atomic E-state index is 0.0978. The van der Waals surface area contributed by atoms with Gasteiger partial charge in [0.1, 0.15) is 0 Å². The van der Waals surface area contributed by atoms with Gasteiger partial charge in [0.25, 0.3) is 0 Å². The smallest absolute Gasteiger partial charge is 0.317 e. The first-order valence-electron chi connectivity index (χ1n) is 8.35. The zero-order valence-corrected chi connectivity index (χ0v) is 14.5. The molecule has 2 rings (SSSR count). The van der Waals surface area contributed by atoms with Gasteiger partial charge in [0.15, 0.2) is 0 Å². The van der Waals surface area contributed by atoms with Crippen LogP contribution in [0.1, 0.15) is 11.3 Å². The van der Waals surface area contributed by atoms with Gasteiger partial charge in [0, 0.05) is 32.4 Å². The maximum absolute atomic E-state index is 11.2. The number of hydrogen-bond donors (Lipinski definition) is 2. The Kier molecular flexibility index (Phi) is 7.73. The van der Waals surface area contributed by atoms with Crippen molar-refractivity contribution in [2.45, 2.75) is 13.1 Å². The van der Waals surface area contributed by atoms with Crippen LogP contribution in [0.15, 0.2) is 54.7 Å². The van der Waals surface area contributed by atoms with Gasteiger partial charge in [-0.3, -0.25) is 24.4 Å². The van der Waals surface area contributed by atoms with Crippen LogP contribution in [0.4, 0.5) is 0 Å². The highest BCUT2D eigenvalue weighted by Gasteiger charge is 2.15. The van der Waals surface area contributed by atoms with Crippen molar-refractivity contribution in [3.05, 3.63) is 66.0 Å². The molecule has 2 N–H and O–H groups in total. The SMILES string of the molecule is O=C(O)CN(CCN(CC(=O)O)Cc1ccccn1)Cc1ccccc1. The second kappa shape index (κ2) is 10.3. The fraction of sp³-hybridized carbons (Fsp3) is 0.316. The Labute approximate surface area is 152 Å². The largest absolute Gasteiger partial charge is 0.480 e. The van der Waals surface area contributed by atoms with Crippen LogP contribution in [0.5, 0.6) is 0 Å². The quantitative estimate of drug-likeness (QED) is 0.630. The lowest BCUT2D eigenvalue weighted by Gasteiger charge is -2.25. The zero-order chi connectivity index (χ0) is 18.8. The lowest BCUT2D eigenvalue weighted by molar-refractivity contribution is -0.140. The fourth-order valence-electron chi connectivity index (χ4n) is 2.66. The van der Waals surface area contributed by atoms with E-state index >= 15 is 0 Å². The number of carboxylic acids is 2. The first-order valence-corrected chi connectivity index (χ1v) is 8.35. The predicted molar refractivity (Wildman–Crippen MR) is 96.5 cm³/mol. The van der Waals surface area contributed by atoms with E-state index in [2.05, 4.69) is 4.98 Å². The zero-order valence-electron chi connectivity index (χ0n) is 14.5. The van der Waals surface area contributed by atoms with Crippen molar-refractivity contribution < 1.29 is 19.8 Å². The van der Waals surface area contributed by atoms with Crippen LogP contribution >= 0.6 is 0 Å². The minimum Gasteiger partial charge on any atom is -0.480 e. The molecular weight excluding hydrogens is 334 g/mol. The minimum atomic E-state index is -0.922. The lowest BCUT2D eigenvalue weighted by Crippen LogP contribution is -2.39. The number of benzene rings is 1. The molecule has 0 aliphatic rings. The van der Waals surface area contributed by atoms with Gasteiger partial charge in [-0.05, 0) is 17.7 Å². The molecule has 0 unspecified atom stereocenters. The number of rotatable bonds is 11. The van der Waals surface area contributed by atoms with Crippen LogP contribution in [-0.2, 0) is 22.7 Å². The molecule has 1 aromatic carbocycles. The standard InChI is InChI=1S/C19H23N3O4/c23-18(24)14-21(12-16-6-2-1-3-7-16)10-11-22(15-19(25)26)13-17-8-4-5-9-20-17/h1-9H,10-15H2,(H,23,24)(H,25,26). The molecular formula is C19H23N3O4. The van der Waals surface area contributed by atoms with Gasteiger partial charge in [-0.25, -0.2) is 0 Å². The predicted octanol–water partition coefficient (Wildman–Crippen LogP) is 1.56. The van der Waals surface area contributed by atoms with Gasteiger partial charge in [-0.2, -0.15) is 0 Å². The highest BCUT2D eigenvalue weighted by molar-refractivity contribution is 5.69. The average Bonchev–Trinajstić information content (AvgIpc) is 2.60. The van der Waals surface area contributed by atoms with E-state index in [1.165, 1.54) is 0 Å². The fourth-order valence-corrected chi connectivity index (χ4v) is 2.66. The number of carbonyl (C=O) groups is 2. The molecule has 0 aliphatic carbocycles. The molecule has 0 bridgehead atoms. The van der Waals surface area contributed by atoms with Crippen molar-refractivity contribution in [2.75, 3.05) is 26.2 Å². The molecule has 26 heavy (non-hydrogen) atoms. The van der Waals surface area contributed by atoms with Crippen LogP contribution in [0.25, 0.3) is 0 Å². The van der Waals surface area contributed by atoms with Crippen molar-refractivity contribution in [1.29, 1.82) is 0 Å². The Morgan fingerprint density at radius 1 is 0.808 bits per heavy atom. The molecule has 7 heteroatoms. The average molecular weight is 357 g/mol. The van der Waals surface area contributed by atoms with Crippen molar-refractivity contribution in [2.24, 2.45) is 0 Å². The molecule has 0 saturated carbocycles. The molecule has 0 amide bonds. The van der Waals surface area contributed by atoms with Crippen LogP contribution in [0, 0.1) is 0 Å². The summed E-state index contributed by atoms with van der Waals surface area (Å²) in [4.78, 5) is 30.1. The number of hydrogen-bond acceptors (Lipinski definition) is 5. The summed E-state index contributed by atoms with van der Waals surface area (Å²) in [5.41, 5.74) is 1.80. The lowest BCUT2D eigenvalue weighted by atomic mass is 10.2. The molecule has 0 saturated heterocycles. The van der Waals surface area contributed by atoms with Gasteiger partial charge < -0.3 is 10.2 Å². The van der Waals surface area contributed by atoms with Crippen LogP contribution in [0.2, 0.25) is 0 Å². The molecule has 2 aromatic rings. The first-order chi connectivity index (χ1) is 12.5.